The van der Waals surface area contributed by atoms with E-state index in [1.807, 2.05) is 11.4 Å². The molecule has 1 heterocycles. The van der Waals surface area contributed by atoms with Gasteiger partial charge in [-0.2, -0.15) is 0 Å². The summed E-state index contributed by atoms with van der Waals surface area (Å²) in [4.78, 5) is 12.2. The lowest BCUT2D eigenvalue weighted by atomic mass is 9.86. The summed E-state index contributed by atoms with van der Waals surface area (Å²) in [5, 5.41) is 1.94. The number of carbonyl (C=O) groups is 1. The van der Waals surface area contributed by atoms with E-state index in [1.165, 1.54) is 32.1 Å². The van der Waals surface area contributed by atoms with Crippen molar-refractivity contribution in [2.45, 2.75) is 32.1 Å². The topological polar surface area (TPSA) is 43.1 Å². The minimum absolute atomic E-state index is 0.307. The molecule has 3 heteroatoms. The van der Waals surface area contributed by atoms with Crippen LogP contribution in [0.15, 0.2) is 11.4 Å². The third kappa shape index (κ3) is 2.59. The zero-order chi connectivity index (χ0) is 10.7. The van der Waals surface area contributed by atoms with E-state index in [0.717, 1.165) is 4.88 Å². The van der Waals surface area contributed by atoms with Crippen molar-refractivity contribution in [2.75, 3.05) is 0 Å². The van der Waals surface area contributed by atoms with Crippen LogP contribution in [0.5, 0.6) is 0 Å². The average molecular weight is 222 g/mol. The lowest BCUT2D eigenvalue weighted by molar-refractivity contribution is 0.1000. The van der Waals surface area contributed by atoms with Gasteiger partial charge in [0, 0.05) is 11.3 Å². The van der Waals surface area contributed by atoms with Crippen LogP contribution in [0.4, 0.5) is 0 Å². The molecular formula is C12H16NOS. The summed E-state index contributed by atoms with van der Waals surface area (Å²) < 4.78 is 0. The van der Waals surface area contributed by atoms with Crippen molar-refractivity contribution in [3.05, 3.63) is 28.3 Å². The van der Waals surface area contributed by atoms with Crippen molar-refractivity contribution in [2.24, 2.45) is 11.7 Å². The zero-order valence-corrected chi connectivity index (χ0v) is 9.56. The van der Waals surface area contributed by atoms with Crippen molar-refractivity contribution in [3.8, 4) is 0 Å². The van der Waals surface area contributed by atoms with Crippen molar-refractivity contribution in [1.29, 1.82) is 0 Å². The van der Waals surface area contributed by atoms with Gasteiger partial charge in [0.1, 0.15) is 0 Å². The molecule has 0 bridgehead atoms. The molecule has 1 radical (unpaired) electrons. The lowest BCUT2D eigenvalue weighted by Crippen LogP contribution is -2.13. The molecule has 0 saturated heterocycles. The Morgan fingerprint density at radius 2 is 2.13 bits per heavy atom. The van der Waals surface area contributed by atoms with Crippen molar-refractivity contribution in [1.82, 2.24) is 0 Å². The molecule has 0 aromatic carbocycles. The number of thiophene rings is 1. The van der Waals surface area contributed by atoms with Crippen LogP contribution in [-0.2, 0) is 0 Å². The Balaban J connectivity index is 2.03. The predicted octanol–water partition coefficient (Wildman–Crippen LogP) is 2.98. The summed E-state index contributed by atoms with van der Waals surface area (Å²) in [5.74, 6) is 0.341. The summed E-state index contributed by atoms with van der Waals surface area (Å²) in [5.41, 5.74) is 6.00. The van der Waals surface area contributed by atoms with E-state index < -0.39 is 0 Å². The Morgan fingerprint density at radius 1 is 1.40 bits per heavy atom. The van der Waals surface area contributed by atoms with Gasteiger partial charge in [0.15, 0.2) is 0 Å². The molecule has 1 amide bonds. The first-order valence-electron chi connectivity index (χ1n) is 5.49. The highest BCUT2D eigenvalue weighted by molar-refractivity contribution is 7.10. The van der Waals surface area contributed by atoms with Crippen molar-refractivity contribution >= 4 is 17.2 Å². The summed E-state index contributed by atoms with van der Waals surface area (Å²) in [6.07, 6.45) is 8.75. The van der Waals surface area contributed by atoms with E-state index in [1.54, 1.807) is 11.3 Å². The third-order valence-electron chi connectivity index (χ3n) is 3.00. The van der Waals surface area contributed by atoms with Crippen LogP contribution in [0, 0.1) is 12.3 Å². The van der Waals surface area contributed by atoms with E-state index in [9.17, 15) is 4.79 Å². The second-order valence-electron chi connectivity index (χ2n) is 4.13. The number of nitrogens with two attached hydrogens (primary N) is 1. The van der Waals surface area contributed by atoms with Gasteiger partial charge in [-0.05, 0) is 30.2 Å². The molecule has 0 aliphatic heterocycles. The van der Waals surface area contributed by atoms with Gasteiger partial charge in [-0.3, -0.25) is 4.79 Å². The highest BCUT2D eigenvalue weighted by Gasteiger charge is 2.18. The largest absolute Gasteiger partial charge is 0.366 e. The molecule has 1 saturated carbocycles. The van der Waals surface area contributed by atoms with Gasteiger partial charge in [0.2, 0.25) is 5.91 Å². The Labute approximate surface area is 94.5 Å². The second-order valence-corrected chi connectivity index (χ2v) is 5.08. The quantitative estimate of drug-likeness (QED) is 0.839. The Morgan fingerprint density at radius 3 is 2.80 bits per heavy atom. The normalized spacial score (nSPS) is 17.9. The fraction of sp³-hybridized carbons (Fsp3) is 0.500. The zero-order valence-electron chi connectivity index (χ0n) is 8.74. The number of primary amides is 1. The fourth-order valence-electron chi connectivity index (χ4n) is 2.17. The predicted molar refractivity (Wildman–Crippen MR) is 62.8 cm³/mol. The van der Waals surface area contributed by atoms with Gasteiger partial charge in [-0.1, -0.05) is 19.3 Å². The Hall–Kier alpha value is -0.830. The molecule has 1 fully saturated rings. The van der Waals surface area contributed by atoms with E-state index in [-0.39, 0.29) is 5.91 Å². The van der Waals surface area contributed by atoms with Crippen LogP contribution >= 0.6 is 11.3 Å². The molecule has 1 aromatic rings. The van der Waals surface area contributed by atoms with Gasteiger partial charge in [0.25, 0.3) is 0 Å². The number of carbonyl (C=O) groups excluding carboxylic acids is 1. The SMILES string of the molecule is NC(=O)c1ccsc1[CH]C1CCCCC1. The van der Waals surface area contributed by atoms with Gasteiger partial charge < -0.3 is 5.73 Å². The maximum Gasteiger partial charge on any atom is 0.249 e. The molecule has 1 aliphatic rings. The molecule has 1 aliphatic carbocycles. The molecule has 1 aromatic heterocycles. The summed E-state index contributed by atoms with van der Waals surface area (Å²) in [7, 11) is 0. The van der Waals surface area contributed by atoms with E-state index >= 15 is 0 Å². The van der Waals surface area contributed by atoms with Crippen LogP contribution in [0.2, 0.25) is 0 Å². The third-order valence-corrected chi connectivity index (χ3v) is 3.88. The monoisotopic (exact) mass is 222 g/mol. The molecule has 81 valence electrons. The van der Waals surface area contributed by atoms with Gasteiger partial charge in [0.05, 0.1) is 5.56 Å². The minimum Gasteiger partial charge on any atom is -0.366 e. The molecule has 0 unspecified atom stereocenters. The van der Waals surface area contributed by atoms with Gasteiger partial charge in [-0.15, -0.1) is 11.3 Å². The first-order chi connectivity index (χ1) is 7.27. The van der Waals surface area contributed by atoms with Crippen molar-refractivity contribution < 1.29 is 4.79 Å². The van der Waals surface area contributed by atoms with Crippen LogP contribution in [-0.4, -0.2) is 5.91 Å². The standard InChI is InChI=1S/C12H16NOS/c13-12(14)10-6-7-15-11(10)8-9-4-2-1-3-5-9/h6-9H,1-5H2,(H2,13,14). The highest BCUT2D eigenvalue weighted by atomic mass is 32.1. The summed E-state index contributed by atoms with van der Waals surface area (Å²) in [6.45, 7) is 0. The van der Waals surface area contributed by atoms with Crippen molar-refractivity contribution in [3.63, 3.8) is 0 Å². The number of rotatable bonds is 3. The van der Waals surface area contributed by atoms with E-state index in [0.29, 0.717) is 11.5 Å². The molecule has 0 atom stereocenters. The molecule has 2 N–H and O–H groups in total. The number of hydrogen-bond donors (Lipinski definition) is 1. The maximum atomic E-state index is 11.1. The van der Waals surface area contributed by atoms with Crippen LogP contribution in [0.1, 0.15) is 47.3 Å². The van der Waals surface area contributed by atoms with Gasteiger partial charge in [-0.25, -0.2) is 0 Å². The summed E-state index contributed by atoms with van der Waals surface area (Å²) in [6, 6.07) is 1.82. The van der Waals surface area contributed by atoms with Crippen LogP contribution in [0.25, 0.3) is 0 Å². The molecule has 15 heavy (non-hydrogen) atoms. The molecule has 2 rings (SSSR count). The lowest BCUT2D eigenvalue weighted by Gasteiger charge is -2.20. The molecule has 2 nitrogen and oxygen atoms in total. The molecule has 0 spiro atoms. The average Bonchev–Trinajstić information content (AvgIpc) is 2.67. The maximum absolute atomic E-state index is 11.1. The smallest absolute Gasteiger partial charge is 0.249 e. The molecular weight excluding hydrogens is 206 g/mol. The Bertz CT molecular complexity index is 339. The van der Waals surface area contributed by atoms with Crippen LogP contribution < -0.4 is 5.73 Å². The second kappa shape index (κ2) is 4.79. The summed E-state index contributed by atoms with van der Waals surface area (Å²) >= 11 is 1.62. The number of hydrogen-bond acceptors (Lipinski definition) is 2. The van der Waals surface area contributed by atoms with E-state index in [2.05, 4.69) is 6.42 Å². The minimum atomic E-state index is -0.307. The van der Waals surface area contributed by atoms with Crippen LogP contribution in [0.3, 0.4) is 0 Å². The first kappa shape index (κ1) is 10.7. The highest BCUT2D eigenvalue weighted by Crippen LogP contribution is 2.31. The first-order valence-corrected chi connectivity index (χ1v) is 6.37. The van der Waals surface area contributed by atoms with Gasteiger partial charge >= 0.3 is 0 Å². The Kier molecular flexibility index (Phi) is 3.41. The number of amides is 1. The fourth-order valence-corrected chi connectivity index (χ4v) is 3.09. The van der Waals surface area contributed by atoms with E-state index in [4.69, 9.17) is 5.73 Å².